The fraction of sp³-hybridized carbons (Fsp3) is 0.917. The first kappa shape index (κ1) is 9.64. The highest BCUT2D eigenvalue weighted by Gasteiger charge is 2.57. The zero-order chi connectivity index (χ0) is 10.3. The Morgan fingerprint density at radius 1 is 1.33 bits per heavy atom. The maximum Gasteiger partial charge on any atom is 0.223 e. The summed E-state index contributed by atoms with van der Waals surface area (Å²) in [7, 11) is 0. The van der Waals surface area contributed by atoms with Gasteiger partial charge < -0.3 is 10.6 Å². The summed E-state index contributed by atoms with van der Waals surface area (Å²) in [4.78, 5) is 11.9. The first-order chi connectivity index (χ1) is 7.30. The van der Waals surface area contributed by atoms with Gasteiger partial charge in [0.15, 0.2) is 0 Å². The van der Waals surface area contributed by atoms with Crippen LogP contribution in [0.3, 0.4) is 0 Å². The van der Waals surface area contributed by atoms with E-state index in [1.165, 1.54) is 25.7 Å². The van der Waals surface area contributed by atoms with Crippen LogP contribution in [0.5, 0.6) is 0 Å². The molecule has 1 saturated heterocycles. The van der Waals surface area contributed by atoms with E-state index in [0.29, 0.717) is 17.2 Å². The molecule has 1 aliphatic heterocycles. The topological polar surface area (TPSA) is 41.1 Å². The lowest BCUT2D eigenvalue weighted by Crippen LogP contribution is -2.34. The molecule has 1 amide bonds. The number of piperidine rings is 1. The molecule has 3 nitrogen and oxygen atoms in total. The van der Waals surface area contributed by atoms with Gasteiger partial charge in [-0.1, -0.05) is 0 Å². The molecule has 0 bridgehead atoms. The number of carbonyl (C=O) groups excluding carboxylic acids is 1. The lowest BCUT2D eigenvalue weighted by Gasteiger charge is -2.23. The second kappa shape index (κ2) is 3.48. The van der Waals surface area contributed by atoms with Crippen LogP contribution in [-0.2, 0) is 4.79 Å². The molecule has 2 N–H and O–H groups in total. The fourth-order valence-electron chi connectivity index (χ4n) is 2.89. The normalized spacial score (nSPS) is 32.7. The van der Waals surface area contributed by atoms with Crippen molar-refractivity contribution < 1.29 is 4.79 Å². The van der Waals surface area contributed by atoms with Crippen molar-refractivity contribution in [3.05, 3.63) is 0 Å². The maximum atomic E-state index is 11.9. The summed E-state index contributed by atoms with van der Waals surface area (Å²) >= 11 is 0. The van der Waals surface area contributed by atoms with E-state index in [4.69, 9.17) is 0 Å². The van der Waals surface area contributed by atoms with E-state index < -0.39 is 0 Å². The highest BCUT2D eigenvalue weighted by molar-refractivity contribution is 5.82. The van der Waals surface area contributed by atoms with Crippen molar-refractivity contribution in [2.75, 3.05) is 19.6 Å². The molecule has 0 unspecified atom stereocenters. The SMILES string of the molecule is O=C(NCC1CC1)[C@@H]1CC12CCNCC2. The van der Waals surface area contributed by atoms with E-state index in [2.05, 4.69) is 10.6 Å². The molecule has 1 heterocycles. The van der Waals surface area contributed by atoms with Crippen molar-refractivity contribution in [3.63, 3.8) is 0 Å². The number of carbonyl (C=O) groups is 1. The molecule has 0 aromatic carbocycles. The third-order valence-electron chi connectivity index (χ3n) is 4.37. The molecular formula is C12H20N2O. The summed E-state index contributed by atoms with van der Waals surface area (Å²) in [5, 5.41) is 6.49. The minimum absolute atomic E-state index is 0.337. The van der Waals surface area contributed by atoms with Crippen molar-refractivity contribution in [2.45, 2.75) is 32.1 Å². The third-order valence-corrected chi connectivity index (χ3v) is 4.37. The number of nitrogens with one attached hydrogen (secondary N) is 2. The molecule has 0 radical (unpaired) electrons. The lowest BCUT2D eigenvalue weighted by molar-refractivity contribution is -0.123. The molecular weight excluding hydrogens is 188 g/mol. The minimum Gasteiger partial charge on any atom is -0.356 e. The molecule has 3 fully saturated rings. The first-order valence-electron chi connectivity index (χ1n) is 6.29. The first-order valence-corrected chi connectivity index (χ1v) is 6.29. The zero-order valence-electron chi connectivity index (χ0n) is 9.22. The van der Waals surface area contributed by atoms with Gasteiger partial charge in [-0.05, 0) is 56.5 Å². The van der Waals surface area contributed by atoms with E-state index in [-0.39, 0.29) is 0 Å². The lowest BCUT2D eigenvalue weighted by atomic mass is 9.92. The van der Waals surface area contributed by atoms with Crippen molar-refractivity contribution in [2.24, 2.45) is 17.3 Å². The van der Waals surface area contributed by atoms with Crippen molar-refractivity contribution in [3.8, 4) is 0 Å². The van der Waals surface area contributed by atoms with Gasteiger partial charge in [-0.15, -0.1) is 0 Å². The van der Waals surface area contributed by atoms with Crippen LogP contribution in [0.25, 0.3) is 0 Å². The highest BCUT2D eigenvalue weighted by Crippen LogP contribution is 2.58. The van der Waals surface area contributed by atoms with Gasteiger partial charge in [0.05, 0.1) is 0 Å². The Hall–Kier alpha value is -0.570. The summed E-state index contributed by atoms with van der Waals surface area (Å²) in [5.74, 6) is 1.49. The molecule has 3 heteroatoms. The van der Waals surface area contributed by atoms with Crippen LogP contribution in [0.15, 0.2) is 0 Å². The monoisotopic (exact) mass is 208 g/mol. The second-order valence-corrected chi connectivity index (χ2v) is 5.56. The number of rotatable bonds is 3. The molecule has 0 aromatic rings. The van der Waals surface area contributed by atoms with Gasteiger partial charge in [-0.25, -0.2) is 0 Å². The Morgan fingerprint density at radius 2 is 2.07 bits per heavy atom. The van der Waals surface area contributed by atoms with Crippen molar-refractivity contribution in [1.82, 2.24) is 10.6 Å². The summed E-state index contributed by atoms with van der Waals surface area (Å²) in [6.07, 6.45) is 6.19. The summed E-state index contributed by atoms with van der Waals surface area (Å²) in [6.45, 7) is 3.14. The molecule has 2 aliphatic carbocycles. The Morgan fingerprint density at radius 3 is 2.73 bits per heavy atom. The van der Waals surface area contributed by atoms with Crippen LogP contribution in [-0.4, -0.2) is 25.5 Å². The largest absolute Gasteiger partial charge is 0.356 e. The Balaban J connectivity index is 1.48. The van der Waals surface area contributed by atoms with Gasteiger partial charge in [0.1, 0.15) is 0 Å². The molecule has 84 valence electrons. The average Bonchev–Trinajstić information content (AvgIpc) is 3.14. The summed E-state index contributed by atoms with van der Waals surface area (Å²) in [5.41, 5.74) is 0.402. The Kier molecular flexibility index (Phi) is 2.23. The van der Waals surface area contributed by atoms with E-state index in [1.807, 2.05) is 0 Å². The van der Waals surface area contributed by atoms with Crippen LogP contribution >= 0.6 is 0 Å². The smallest absolute Gasteiger partial charge is 0.223 e. The van der Waals surface area contributed by atoms with Gasteiger partial charge in [0, 0.05) is 12.5 Å². The van der Waals surface area contributed by atoms with Crippen molar-refractivity contribution >= 4 is 5.91 Å². The van der Waals surface area contributed by atoms with Crippen molar-refractivity contribution in [1.29, 1.82) is 0 Å². The van der Waals surface area contributed by atoms with Crippen LogP contribution in [0.1, 0.15) is 32.1 Å². The van der Waals surface area contributed by atoms with E-state index >= 15 is 0 Å². The number of hydrogen-bond acceptors (Lipinski definition) is 2. The zero-order valence-corrected chi connectivity index (χ0v) is 9.22. The quantitative estimate of drug-likeness (QED) is 0.723. The number of hydrogen-bond donors (Lipinski definition) is 2. The van der Waals surface area contributed by atoms with Gasteiger partial charge in [0.25, 0.3) is 0 Å². The molecule has 3 rings (SSSR count). The maximum absolute atomic E-state index is 11.9. The predicted molar refractivity (Wildman–Crippen MR) is 58.4 cm³/mol. The van der Waals surface area contributed by atoms with Gasteiger partial charge in [-0.2, -0.15) is 0 Å². The van der Waals surface area contributed by atoms with Gasteiger partial charge in [0.2, 0.25) is 5.91 Å². The van der Waals surface area contributed by atoms with E-state index in [1.54, 1.807) is 0 Å². The molecule has 1 atom stereocenters. The van der Waals surface area contributed by atoms with Gasteiger partial charge in [-0.3, -0.25) is 4.79 Å². The predicted octanol–water partition coefficient (Wildman–Crippen LogP) is 0.902. The molecule has 0 aromatic heterocycles. The molecule has 3 aliphatic rings. The number of amides is 1. The Labute approximate surface area is 91.0 Å². The standard InChI is InChI=1S/C12H20N2O/c15-11(14-8-9-1-2-9)10-7-12(10)3-5-13-6-4-12/h9-10,13H,1-8H2,(H,14,15)/t10-/m0/s1. The van der Waals surface area contributed by atoms with Gasteiger partial charge >= 0.3 is 0 Å². The molecule has 15 heavy (non-hydrogen) atoms. The molecule has 2 saturated carbocycles. The Bertz CT molecular complexity index is 267. The third kappa shape index (κ3) is 1.89. The van der Waals surface area contributed by atoms with E-state index in [0.717, 1.165) is 32.0 Å². The van der Waals surface area contributed by atoms with Crippen LogP contribution < -0.4 is 10.6 Å². The van der Waals surface area contributed by atoms with Crippen LogP contribution in [0.4, 0.5) is 0 Å². The summed E-state index contributed by atoms with van der Waals surface area (Å²) < 4.78 is 0. The fourth-order valence-corrected chi connectivity index (χ4v) is 2.89. The summed E-state index contributed by atoms with van der Waals surface area (Å²) in [6, 6.07) is 0. The van der Waals surface area contributed by atoms with E-state index in [9.17, 15) is 4.79 Å². The van der Waals surface area contributed by atoms with Crippen LogP contribution in [0, 0.1) is 17.3 Å². The van der Waals surface area contributed by atoms with Crippen LogP contribution in [0.2, 0.25) is 0 Å². The minimum atomic E-state index is 0.337. The molecule has 1 spiro atoms. The second-order valence-electron chi connectivity index (χ2n) is 5.56. The highest BCUT2D eigenvalue weighted by atomic mass is 16.2. The average molecular weight is 208 g/mol.